The highest BCUT2D eigenvalue weighted by Crippen LogP contribution is 2.23. The minimum absolute atomic E-state index is 0.210. The molecule has 1 aromatic heterocycles. The topological polar surface area (TPSA) is 103 Å². The van der Waals surface area contributed by atoms with Gasteiger partial charge in [-0.3, -0.25) is 9.59 Å². The molecule has 0 saturated heterocycles. The van der Waals surface area contributed by atoms with Crippen LogP contribution in [-0.4, -0.2) is 35.5 Å². The van der Waals surface area contributed by atoms with Crippen molar-refractivity contribution >= 4 is 17.8 Å². The summed E-state index contributed by atoms with van der Waals surface area (Å²) in [6, 6.07) is 7.57. The smallest absolute Gasteiger partial charge is 0.312 e. The van der Waals surface area contributed by atoms with Gasteiger partial charge in [0.25, 0.3) is 0 Å². The number of benzene rings is 1. The number of carbonyl (C=O) groups excluding carboxylic acids is 3. The summed E-state index contributed by atoms with van der Waals surface area (Å²) in [7, 11) is 0. The molecule has 7 nitrogen and oxygen atoms in total. The molecule has 2 rings (SSSR count). The highest BCUT2D eigenvalue weighted by atomic mass is 16.5. The molecule has 0 spiro atoms. The van der Waals surface area contributed by atoms with Gasteiger partial charge in [-0.15, -0.1) is 0 Å². The highest BCUT2D eigenvalue weighted by molar-refractivity contribution is 5.99. The molecule has 162 valence electrons. The van der Waals surface area contributed by atoms with Crippen molar-refractivity contribution in [3.8, 4) is 5.69 Å². The first-order valence-corrected chi connectivity index (χ1v) is 10.2. The van der Waals surface area contributed by atoms with Gasteiger partial charge in [-0.1, -0.05) is 12.5 Å². The molecule has 0 radical (unpaired) electrons. The predicted octanol–water partition coefficient (Wildman–Crippen LogP) is 3.67. The molecule has 1 heterocycles. The third-order valence-electron chi connectivity index (χ3n) is 4.92. The second kappa shape index (κ2) is 10.6. The van der Waals surface area contributed by atoms with Gasteiger partial charge in [0.1, 0.15) is 0 Å². The van der Waals surface area contributed by atoms with Crippen molar-refractivity contribution in [2.45, 2.75) is 53.4 Å². The number of unbranched alkanes of at least 4 members (excludes halogenated alkanes) is 2. The molecular weight excluding hydrogens is 382 g/mol. The Hall–Kier alpha value is -3.09. The zero-order valence-corrected chi connectivity index (χ0v) is 18.2. The molecule has 2 aromatic rings. The Bertz CT molecular complexity index is 911. The Morgan fingerprint density at radius 1 is 0.967 bits per heavy atom. The van der Waals surface area contributed by atoms with Gasteiger partial charge in [-0.2, -0.15) is 0 Å². The predicted molar refractivity (Wildman–Crippen MR) is 116 cm³/mol. The Morgan fingerprint density at radius 2 is 1.63 bits per heavy atom. The number of hydrogen-bond donors (Lipinski definition) is 2. The lowest BCUT2D eigenvalue weighted by Gasteiger charge is -2.12. The number of aryl methyl sites for hydroxylation is 3. The van der Waals surface area contributed by atoms with Crippen LogP contribution in [0.5, 0.6) is 0 Å². The summed E-state index contributed by atoms with van der Waals surface area (Å²) < 4.78 is 7.21. The van der Waals surface area contributed by atoms with E-state index in [0.29, 0.717) is 18.5 Å². The zero-order valence-electron chi connectivity index (χ0n) is 18.2. The molecular formula is C23H31N3O4. The van der Waals surface area contributed by atoms with Gasteiger partial charge in [-0.05, 0) is 69.9 Å². The number of ether oxygens (including phenoxy) is 1. The molecule has 0 fully saturated rings. The van der Waals surface area contributed by atoms with Crippen LogP contribution in [0.4, 0.5) is 4.79 Å². The molecule has 0 aliphatic heterocycles. The molecule has 0 saturated carbocycles. The van der Waals surface area contributed by atoms with Crippen LogP contribution in [0.1, 0.15) is 58.6 Å². The van der Waals surface area contributed by atoms with Crippen molar-refractivity contribution in [2.24, 2.45) is 5.73 Å². The summed E-state index contributed by atoms with van der Waals surface area (Å²) in [5.74, 6) is -0.605. The molecule has 3 N–H and O–H groups in total. The number of urea groups is 1. The first-order valence-electron chi connectivity index (χ1n) is 10.2. The van der Waals surface area contributed by atoms with Crippen molar-refractivity contribution in [2.75, 3.05) is 13.2 Å². The molecule has 1 aromatic carbocycles. The van der Waals surface area contributed by atoms with Crippen molar-refractivity contribution < 1.29 is 19.1 Å². The highest BCUT2D eigenvalue weighted by Gasteiger charge is 2.18. The van der Waals surface area contributed by atoms with Crippen LogP contribution in [0.15, 0.2) is 24.3 Å². The maximum Gasteiger partial charge on any atom is 0.312 e. The minimum atomic E-state index is -0.551. The second-order valence-electron chi connectivity index (χ2n) is 7.65. The number of hydrogen-bond acceptors (Lipinski definition) is 4. The molecule has 7 heteroatoms. The van der Waals surface area contributed by atoms with Crippen LogP contribution in [0.25, 0.3) is 5.69 Å². The van der Waals surface area contributed by atoms with Crippen molar-refractivity contribution in [1.82, 2.24) is 9.88 Å². The van der Waals surface area contributed by atoms with Crippen molar-refractivity contribution in [3.05, 3.63) is 52.3 Å². The van der Waals surface area contributed by atoms with Gasteiger partial charge in [0, 0.05) is 35.6 Å². The number of nitrogens with zero attached hydrogens (tertiary/aromatic N) is 1. The second-order valence-corrected chi connectivity index (χ2v) is 7.65. The molecule has 0 atom stereocenters. The average molecular weight is 414 g/mol. The number of aromatic nitrogens is 1. The lowest BCUT2D eigenvalue weighted by atomic mass is 10.1. The van der Waals surface area contributed by atoms with Crippen molar-refractivity contribution in [3.63, 3.8) is 0 Å². The van der Waals surface area contributed by atoms with Gasteiger partial charge in [0.2, 0.25) is 5.78 Å². The number of Topliss-reactive ketones (excluding diaryl/α,β-unsaturated/α-hetero) is 1. The van der Waals surface area contributed by atoms with E-state index in [1.807, 2.05) is 33.8 Å². The number of ketones is 1. The number of carbonyl (C=O) groups is 3. The third-order valence-corrected chi connectivity index (χ3v) is 4.92. The number of rotatable bonds is 10. The van der Waals surface area contributed by atoms with Gasteiger partial charge in [0.15, 0.2) is 6.61 Å². The van der Waals surface area contributed by atoms with E-state index in [0.717, 1.165) is 41.0 Å². The molecule has 2 amide bonds. The fraction of sp³-hybridized carbons (Fsp3) is 0.435. The average Bonchev–Trinajstić information content (AvgIpc) is 2.95. The van der Waals surface area contributed by atoms with E-state index in [-0.39, 0.29) is 18.8 Å². The fourth-order valence-electron chi connectivity index (χ4n) is 3.60. The summed E-state index contributed by atoms with van der Waals surface area (Å²) in [5, 5.41) is 2.50. The standard InChI is InChI=1S/C23H31N3O4/c1-15-10-16(2)12-19(11-15)26-17(3)13-20(18(26)4)21(27)14-30-22(28)8-6-5-7-9-25-23(24)29/h10-13H,5-9,14H2,1-4H3,(H3,24,25,29). The lowest BCUT2D eigenvalue weighted by Crippen LogP contribution is -2.29. The van der Waals surface area contributed by atoms with E-state index in [9.17, 15) is 14.4 Å². The van der Waals surface area contributed by atoms with E-state index >= 15 is 0 Å². The molecule has 30 heavy (non-hydrogen) atoms. The minimum Gasteiger partial charge on any atom is -0.457 e. The Labute approximate surface area is 177 Å². The van der Waals surface area contributed by atoms with E-state index in [4.69, 9.17) is 10.5 Å². The van der Waals surface area contributed by atoms with Crippen LogP contribution in [0.2, 0.25) is 0 Å². The first kappa shape index (κ1) is 23.2. The van der Waals surface area contributed by atoms with Crippen LogP contribution in [0, 0.1) is 27.7 Å². The molecule has 0 unspecified atom stereocenters. The zero-order chi connectivity index (χ0) is 22.3. The largest absolute Gasteiger partial charge is 0.457 e. The van der Waals surface area contributed by atoms with Gasteiger partial charge < -0.3 is 20.4 Å². The first-order chi connectivity index (χ1) is 14.2. The van der Waals surface area contributed by atoms with Crippen molar-refractivity contribution in [1.29, 1.82) is 0 Å². The summed E-state index contributed by atoms with van der Waals surface area (Å²) in [6.45, 7) is 8.17. The molecule has 0 aliphatic carbocycles. The van der Waals surface area contributed by atoms with E-state index in [1.165, 1.54) is 0 Å². The SMILES string of the molecule is Cc1cc(C)cc(-n2c(C)cc(C(=O)COC(=O)CCCCCNC(N)=O)c2C)c1. The van der Waals surface area contributed by atoms with Crippen LogP contribution >= 0.6 is 0 Å². The van der Waals surface area contributed by atoms with E-state index < -0.39 is 12.0 Å². The Balaban J connectivity index is 1.90. The van der Waals surface area contributed by atoms with Crippen LogP contribution < -0.4 is 11.1 Å². The Morgan fingerprint density at radius 3 is 2.27 bits per heavy atom. The van der Waals surface area contributed by atoms with Gasteiger partial charge >= 0.3 is 12.0 Å². The monoisotopic (exact) mass is 413 g/mol. The molecule has 0 bridgehead atoms. The van der Waals surface area contributed by atoms with Crippen LogP contribution in [-0.2, 0) is 9.53 Å². The summed E-state index contributed by atoms with van der Waals surface area (Å²) >= 11 is 0. The quantitative estimate of drug-likeness (QED) is 0.352. The fourth-order valence-corrected chi connectivity index (χ4v) is 3.60. The van der Waals surface area contributed by atoms with Gasteiger partial charge in [-0.25, -0.2) is 4.79 Å². The van der Waals surface area contributed by atoms with Gasteiger partial charge in [0.05, 0.1) is 0 Å². The third kappa shape index (κ3) is 6.47. The van der Waals surface area contributed by atoms with E-state index in [1.54, 1.807) is 0 Å². The summed E-state index contributed by atoms with van der Waals surface area (Å²) in [6.07, 6.45) is 2.38. The van der Waals surface area contributed by atoms with Crippen LogP contribution in [0.3, 0.4) is 0 Å². The number of primary amides is 1. The number of esters is 1. The molecule has 0 aliphatic rings. The number of nitrogens with two attached hydrogens (primary N) is 1. The maximum absolute atomic E-state index is 12.6. The summed E-state index contributed by atoms with van der Waals surface area (Å²) in [5.41, 5.74) is 10.7. The van der Waals surface area contributed by atoms with E-state index in [2.05, 4.69) is 28.1 Å². The number of nitrogens with one attached hydrogen (secondary N) is 1. The number of amides is 2. The maximum atomic E-state index is 12.6. The summed E-state index contributed by atoms with van der Waals surface area (Å²) in [4.78, 5) is 35.1. The lowest BCUT2D eigenvalue weighted by molar-refractivity contribution is -0.142. The normalized spacial score (nSPS) is 10.7. The Kier molecular flexibility index (Phi) is 8.21.